The summed E-state index contributed by atoms with van der Waals surface area (Å²) in [5.74, 6) is 0.941. The van der Waals surface area contributed by atoms with E-state index in [1.165, 1.54) is 44.2 Å². The highest BCUT2D eigenvalue weighted by atomic mass is 15.2. The minimum absolute atomic E-state index is 0.783. The topological polar surface area (TPSA) is 16.1 Å². The van der Waals surface area contributed by atoms with Crippen molar-refractivity contribution >= 4 is 0 Å². The van der Waals surface area contributed by atoms with E-state index in [1.54, 1.807) is 5.57 Å². The maximum absolute atomic E-state index is 4.49. The zero-order valence-electron chi connectivity index (χ0n) is 11.5. The van der Waals surface area contributed by atoms with E-state index < -0.39 is 0 Å². The van der Waals surface area contributed by atoms with Gasteiger partial charge in [-0.3, -0.25) is 9.88 Å². The first-order chi connectivity index (χ1) is 9.38. The van der Waals surface area contributed by atoms with Crippen LogP contribution in [0.1, 0.15) is 44.2 Å². The zero-order valence-corrected chi connectivity index (χ0v) is 11.5. The summed E-state index contributed by atoms with van der Waals surface area (Å²) < 4.78 is 0. The Kier molecular flexibility index (Phi) is 2.92. The standard InChI is InChI=1S/C17H22N2/c1-2-8-18-15(3-1)12-19-16-6-7-17(19)11-14(10-16)9-13-4-5-13/h1-3,8-9,13,16-17H,4-7,10-12H2. The number of hydrogen-bond acceptors (Lipinski definition) is 2. The predicted molar refractivity (Wildman–Crippen MR) is 76.6 cm³/mol. The molecule has 2 atom stereocenters. The summed E-state index contributed by atoms with van der Waals surface area (Å²) in [6.07, 6.45) is 12.8. The van der Waals surface area contributed by atoms with Crippen LogP contribution < -0.4 is 0 Å². The van der Waals surface area contributed by atoms with Gasteiger partial charge in [-0.25, -0.2) is 0 Å². The Balaban J connectivity index is 1.47. The first kappa shape index (κ1) is 11.7. The van der Waals surface area contributed by atoms with Crippen molar-refractivity contribution in [3.8, 4) is 0 Å². The van der Waals surface area contributed by atoms with Gasteiger partial charge in [0.2, 0.25) is 0 Å². The van der Waals surface area contributed by atoms with Crippen LogP contribution >= 0.6 is 0 Å². The van der Waals surface area contributed by atoms with E-state index in [2.05, 4.69) is 28.1 Å². The van der Waals surface area contributed by atoms with Crippen LogP contribution in [-0.4, -0.2) is 22.0 Å². The maximum atomic E-state index is 4.49. The Morgan fingerprint density at radius 3 is 2.53 bits per heavy atom. The molecule has 0 radical (unpaired) electrons. The van der Waals surface area contributed by atoms with Gasteiger partial charge in [-0.05, 0) is 56.6 Å². The van der Waals surface area contributed by atoms with Crippen LogP contribution in [0, 0.1) is 5.92 Å². The fourth-order valence-electron chi connectivity index (χ4n) is 3.81. The van der Waals surface area contributed by atoms with Gasteiger partial charge in [-0.2, -0.15) is 0 Å². The van der Waals surface area contributed by atoms with E-state index in [1.807, 2.05) is 12.3 Å². The molecule has 2 saturated heterocycles. The van der Waals surface area contributed by atoms with Crippen LogP contribution in [0.2, 0.25) is 0 Å². The van der Waals surface area contributed by atoms with Gasteiger partial charge in [0.25, 0.3) is 0 Å². The van der Waals surface area contributed by atoms with Crippen LogP contribution in [0.4, 0.5) is 0 Å². The van der Waals surface area contributed by atoms with Crippen molar-refractivity contribution in [2.24, 2.45) is 5.92 Å². The Morgan fingerprint density at radius 1 is 1.11 bits per heavy atom. The molecule has 1 aromatic rings. The fourth-order valence-corrected chi connectivity index (χ4v) is 3.81. The van der Waals surface area contributed by atoms with Crippen LogP contribution in [-0.2, 0) is 6.54 Å². The van der Waals surface area contributed by atoms with Crippen LogP contribution in [0.15, 0.2) is 36.0 Å². The lowest BCUT2D eigenvalue weighted by molar-refractivity contribution is 0.155. The molecule has 100 valence electrons. The largest absolute Gasteiger partial charge is 0.291 e. The molecule has 3 heterocycles. The van der Waals surface area contributed by atoms with Gasteiger partial charge in [-0.1, -0.05) is 17.7 Å². The van der Waals surface area contributed by atoms with Crippen LogP contribution in [0.3, 0.4) is 0 Å². The molecule has 3 aliphatic rings. The second kappa shape index (κ2) is 4.75. The van der Waals surface area contributed by atoms with Gasteiger partial charge in [0, 0.05) is 24.8 Å². The van der Waals surface area contributed by atoms with Crippen molar-refractivity contribution in [1.29, 1.82) is 0 Å². The Morgan fingerprint density at radius 2 is 1.89 bits per heavy atom. The summed E-state index contributed by atoms with van der Waals surface area (Å²) in [6, 6.07) is 7.84. The number of pyridine rings is 1. The number of allylic oxidation sites excluding steroid dienone is 1. The monoisotopic (exact) mass is 254 g/mol. The number of aromatic nitrogens is 1. The molecule has 1 aliphatic carbocycles. The van der Waals surface area contributed by atoms with Crippen molar-refractivity contribution in [2.45, 2.75) is 57.2 Å². The number of rotatable bonds is 3. The third-order valence-corrected chi connectivity index (χ3v) is 4.93. The quantitative estimate of drug-likeness (QED) is 0.767. The van der Waals surface area contributed by atoms with E-state index in [0.717, 1.165) is 24.5 Å². The lowest BCUT2D eigenvalue weighted by Crippen LogP contribution is -2.40. The smallest absolute Gasteiger partial charge is 0.0544 e. The molecule has 3 fully saturated rings. The molecule has 0 amide bonds. The van der Waals surface area contributed by atoms with E-state index in [-0.39, 0.29) is 0 Å². The maximum Gasteiger partial charge on any atom is 0.0544 e. The average Bonchev–Trinajstić information content (AvgIpc) is 3.20. The molecular weight excluding hydrogens is 232 g/mol. The molecule has 1 aromatic heterocycles. The summed E-state index contributed by atoms with van der Waals surface area (Å²) in [7, 11) is 0. The zero-order chi connectivity index (χ0) is 12.7. The minimum atomic E-state index is 0.783. The van der Waals surface area contributed by atoms with Crippen molar-refractivity contribution in [3.05, 3.63) is 41.7 Å². The van der Waals surface area contributed by atoms with Gasteiger partial charge in [0.1, 0.15) is 0 Å². The molecule has 2 nitrogen and oxygen atoms in total. The lowest BCUT2D eigenvalue weighted by Gasteiger charge is -2.36. The summed E-state index contributed by atoms with van der Waals surface area (Å²) in [6.45, 7) is 1.05. The normalized spacial score (nSPS) is 30.6. The molecule has 1 saturated carbocycles. The van der Waals surface area contributed by atoms with E-state index in [9.17, 15) is 0 Å². The van der Waals surface area contributed by atoms with Gasteiger partial charge < -0.3 is 0 Å². The summed E-state index contributed by atoms with van der Waals surface area (Å²) in [5.41, 5.74) is 2.99. The van der Waals surface area contributed by atoms with E-state index in [4.69, 9.17) is 0 Å². The first-order valence-corrected chi connectivity index (χ1v) is 7.74. The first-order valence-electron chi connectivity index (χ1n) is 7.74. The van der Waals surface area contributed by atoms with Crippen molar-refractivity contribution < 1.29 is 0 Å². The highest BCUT2D eigenvalue weighted by Gasteiger charge is 2.38. The fraction of sp³-hybridized carbons (Fsp3) is 0.588. The minimum Gasteiger partial charge on any atom is -0.291 e. The third-order valence-electron chi connectivity index (χ3n) is 4.93. The number of piperidine rings is 1. The van der Waals surface area contributed by atoms with E-state index in [0.29, 0.717) is 0 Å². The van der Waals surface area contributed by atoms with Crippen LogP contribution in [0.5, 0.6) is 0 Å². The second-order valence-corrected chi connectivity index (χ2v) is 6.45. The molecule has 19 heavy (non-hydrogen) atoms. The summed E-state index contributed by atoms with van der Waals surface area (Å²) in [5, 5.41) is 0. The van der Waals surface area contributed by atoms with E-state index >= 15 is 0 Å². The molecule has 2 bridgehead atoms. The molecule has 2 unspecified atom stereocenters. The summed E-state index contributed by atoms with van der Waals surface area (Å²) >= 11 is 0. The number of nitrogens with zero attached hydrogens (tertiary/aromatic N) is 2. The predicted octanol–water partition coefficient (Wildman–Crippen LogP) is 3.54. The van der Waals surface area contributed by atoms with Gasteiger partial charge in [-0.15, -0.1) is 0 Å². The Bertz CT molecular complexity index is 459. The van der Waals surface area contributed by atoms with Crippen LogP contribution in [0.25, 0.3) is 0 Å². The third kappa shape index (κ3) is 2.46. The number of hydrogen-bond donors (Lipinski definition) is 0. The van der Waals surface area contributed by atoms with Crippen molar-refractivity contribution in [1.82, 2.24) is 9.88 Å². The Hall–Kier alpha value is -1.15. The molecule has 0 aromatic carbocycles. The molecule has 0 N–H and O–H groups in total. The molecule has 2 aliphatic heterocycles. The number of fused-ring (bicyclic) bond motifs is 2. The molecular formula is C17H22N2. The summed E-state index contributed by atoms with van der Waals surface area (Å²) in [4.78, 5) is 7.21. The second-order valence-electron chi connectivity index (χ2n) is 6.45. The molecule has 2 heteroatoms. The van der Waals surface area contributed by atoms with Gasteiger partial charge in [0.15, 0.2) is 0 Å². The van der Waals surface area contributed by atoms with Gasteiger partial charge >= 0.3 is 0 Å². The average molecular weight is 254 g/mol. The SMILES string of the molecule is C(=C1CC2CCC(C1)N2Cc1ccccn1)C1CC1. The highest BCUT2D eigenvalue weighted by molar-refractivity contribution is 5.18. The molecule has 4 rings (SSSR count). The lowest BCUT2D eigenvalue weighted by atomic mass is 9.95. The highest BCUT2D eigenvalue weighted by Crippen LogP contribution is 2.41. The van der Waals surface area contributed by atoms with Gasteiger partial charge in [0.05, 0.1) is 5.69 Å². The van der Waals surface area contributed by atoms with Crippen molar-refractivity contribution in [2.75, 3.05) is 0 Å². The molecule has 0 spiro atoms. The Labute approximate surface area is 115 Å². The van der Waals surface area contributed by atoms with Crippen molar-refractivity contribution in [3.63, 3.8) is 0 Å².